The minimum atomic E-state index is -0.223. The second-order valence-electron chi connectivity index (χ2n) is 4.19. The van der Waals surface area contributed by atoms with Crippen LogP contribution in [0.3, 0.4) is 0 Å². The Balaban J connectivity index is 3.07. The van der Waals surface area contributed by atoms with E-state index in [-0.39, 0.29) is 5.82 Å². The Labute approximate surface area is 102 Å². The maximum absolute atomic E-state index is 13.1. The van der Waals surface area contributed by atoms with Gasteiger partial charge < -0.3 is 4.90 Å². The van der Waals surface area contributed by atoms with Crippen LogP contribution in [0.5, 0.6) is 0 Å². The highest BCUT2D eigenvalue weighted by Gasteiger charge is 2.13. The van der Waals surface area contributed by atoms with Gasteiger partial charge in [-0.05, 0) is 44.0 Å². The molecule has 0 N–H and O–H groups in total. The van der Waals surface area contributed by atoms with Crippen LogP contribution in [0.2, 0.25) is 0 Å². The lowest BCUT2D eigenvalue weighted by Gasteiger charge is -2.30. The Kier molecular flexibility index (Phi) is 5.07. The summed E-state index contributed by atoms with van der Waals surface area (Å²) in [6.45, 7) is 7.38. The molecule has 0 heterocycles. The first kappa shape index (κ1) is 13.3. The van der Waals surface area contributed by atoms with Crippen molar-refractivity contribution in [3.8, 4) is 0 Å². The summed E-state index contributed by atoms with van der Waals surface area (Å²) in [5.41, 5.74) is 1.91. The van der Waals surface area contributed by atoms with E-state index in [0.29, 0.717) is 11.9 Å². The summed E-state index contributed by atoms with van der Waals surface area (Å²) in [5, 5.41) is 0. The molecule has 90 valence electrons. The Morgan fingerprint density at radius 1 is 1.38 bits per heavy atom. The largest absolute Gasteiger partial charge is 0.369 e. The minimum absolute atomic E-state index is 0.223. The third kappa shape index (κ3) is 3.11. The lowest BCUT2D eigenvalue weighted by molar-refractivity contribution is 0.623. The molecular weight excluding hydrogens is 225 g/mol. The van der Waals surface area contributed by atoms with Gasteiger partial charge in [-0.1, -0.05) is 6.92 Å². The van der Waals surface area contributed by atoms with E-state index in [2.05, 4.69) is 25.7 Å². The standard InChI is InChI=1S/C13H19ClFN/c1-4-7-16(10(2)3)13-6-5-12(15)8-11(13)9-14/h5-6,8,10H,4,7,9H2,1-3H3. The summed E-state index contributed by atoms with van der Waals surface area (Å²) in [7, 11) is 0. The molecule has 0 fully saturated rings. The smallest absolute Gasteiger partial charge is 0.123 e. The molecule has 1 aromatic carbocycles. The first-order chi connectivity index (χ1) is 7.60. The van der Waals surface area contributed by atoms with Crippen molar-refractivity contribution in [3.05, 3.63) is 29.6 Å². The zero-order valence-corrected chi connectivity index (χ0v) is 10.9. The van der Waals surface area contributed by atoms with Gasteiger partial charge >= 0.3 is 0 Å². The second-order valence-corrected chi connectivity index (χ2v) is 4.46. The molecular formula is C13H19ClFN. The molecule has 0 saturated heterocycles. The fourth-order valence-corrected chi connectivity index (χ4v) is 2.05. The van der Waals surface area contributed by atoms with Gasteiger partial charge in [0.1, 0.15) is 5.82 Å². The second kappa shape index (κ2) is 6.09. The van der Waals surface area contributed by atoms with Gasteiger partial charge in [-0.2, -0.15) is 0 Å². The van der Waals surface area contributed by atoms with Gasteiger partial charge in [-0.3, -0.25) is 0 Å². The Morgan fingerprint density at radius 3 is 2.56 bits per heavy atom. The Hall–Kier alpha value is -0.760. The highest BCUT2D eigenvalue weighted by Crippen LogP contribution is 2.25. The lowest BCUT2D eigenvalue weighted by atomic mass is 10.1. The third-order valence-corrected chi connectivity index (χ3v) is 2.87. The summed E-state index contributed by atoms with van der Waals surface area (Å²) in [6.07, 6.45) is 1.07. The van der Waals surface area contributed by atoms with Crippen LogP contribution in [0.25, 0.3) is 0 Å². The van der Waals surface area contributed by atoms with Crippen LogP contribution in [-0.2, 0) is 5.88 Å². The summed E-state index contributed by atoms with van der Waals surface area (Å²) in [4.78, 5) is 2.26. The molecule has 1 aromatic rings. The van der Waals surface area contributed by atoms with Crippen molar-refractivity contribution in [1.82, 2.24) is 0 Å². The molecule has 0 spiro atoms. The lowest BCUT2D eigenvalue weighted by Crippen LogP contribution is -2.32. The van der Waals surface area contributed by atoms with Gasteiger partial charge in [0.05, 0.1) is 0 Å². The molecule has 1 nitrogen and oxygen atoms in total. The van der Waals surface area contributed by atoms with Crippen molar-refractivity contribution < 1.29 is 4.39 Å². The highest BCUT2D eigenvalue weighted by atomic mass is 35.5. The molecule has 16 heavy (non-hydrogen) atoms. The van der Waals surface area contributed by atoms with Crippen molar-refractivity contribution >= 4 is 17.3 Å². The molecule has 0 amide bonds. The Morgan fingerprint density at radius 2 is 2.06 bits per heavy atom. The fraction of sp³-hybridized carbons (Fsp3) is 0.538. The van der Waals surface area contributed by atoms with Crippen LogP contribution >= 0.6 is 11.6 Å². The summed E-state index contributed by atoms with van der Waals surface area (Å²) in [5.74, 6) is 0.125. The molecule has 3 heteroatoms. The number of halogens is 2. The number of hydrogen-bond donors (Lipinski definition) is 0. The van der Waals surface area contributed by atoms with Gasteiger partial charge in [0.2, 0.25) is 0 Å². The number of alkyl halides is 1. The highest BCUT2D eigenvalue weighted by molar-refractivity contribution is 6.17. The van der Waals surface area contributed by atoms with Crippen LogP contribution in [0.15, 0.2) is 18.2 Å². The quantitative estimate of drug-likeness (QED) is 0.701. The molecule has 0 aromatic heterocycles. The number of nitrogens with zero attached hydrogens (tertiary/aromatic N) is 1. The molecule has 0 aliphatic rings. The predicted molar refractivity (Wildman–Crippen MR) is 68.7 cm³/mol. The van der Waals surface area contributed by atoms with Gasteiger partial charge in [0.15, 0.2) is 0 Å². The molecule has 1 rings (SSSR count). The monoisotopic (exact) mass is 243 g/mol. The average Bonchev–Trinajstić information content (AvgIpc) is 2.26. The molecule has 0 radical (unpaired) electrons. The van der Waals surface area contributed by atoms with Crippen molar-refractivity contribution in [2.24, 2.45) is 0 Å². The number of anilines is 1. The number of rotatable bonds is 5. The fourth-order valence-electron chi connectivity index (χ4n) is 1.84. The van der Waals surface area contributed by atoms with Crippen LogP contribution in [0.4, 0.5) is 10.1 Å². The van der Waals surface area contributed by atoms with Gasteiger partial charge in [-0.15, -0.1) is 11.6 Å². The van der Waals surface area contributed by atoms with Crippen LogP contribution < -0.4 is 4.90 Å². The van der Waals surface area contributed by atoms with Crippen LogP contribution in [-0.4, -0.2) is 12.6 Å². The summed E-state index contributed by atoms with van der Waals surface area (Å²) in [6, 6.07) is 5.24. The van der Waals surface area contributed by atoms with E-state index >= 15 is 0 Å². The Bertz CT molecular complexity index is 339. The molecule has 0 aliphatic heterocycles. The number of benzene rings is 1. The van der Waals surface area contributed by atoms with Crippen molar-refractivity contribution in [3.63, 3.8) is 0 Å². The first-order valence-corrected chi connectivity index (χ1v) is 6.24. The van der Waals surface area contributed by atoms with E-state index < -0.39 is 0 Å². The molecule has 0 atom stereocenters. The molecule has 0 bridgehead atoms. The van der Waals surface area contributed by atoms with E-state index in [1.165, 1.54) is 12.1 Å². The average molecular weight is 244 g/mol. The predicted octanol–water partition coefficient (Wildman–Crippen LogP) is 4.19. The van der Waals surface area contributed by atoms with E-state index in [1.807, 2.05) is 6.07 Å². The van der Waals surface area contributed by atoms with Gasteiger partial charge in [0, 0.05) is 24.2 Å². The van der Waals surface area contributed by atoms with Crippen LogP contribution in [0, 0.1) is 5.82 Å². The third-order valence-electron chi connectivity index (χ3n) is 2.58. The summed E-state index contributed by atoms with van der Waals surface area (Å²) < 4.78 is 13.1. The molecule has 0 saturated carbocycles. The zero-order valence-electron chi connectivity index (χ0n) is 10.1. The normalized spacial score (nSPS) is 10.9. The topological polar surface area (TPSA) is 3.24 Å². The van der Waals surface area contributed by atoms with E-state index in [9.17, 15) is 4.39 Å². The molecule has 0 aliphatic carbocycles. The SMILES string of the molecule is CCCN(c1ccc(F)cc1CCl)C(C)C. The van der Waals surface area contributed by atoms with E-state index in [1.54, 1.807) is 0 Å². The van der Waals surface area contributed by atoms with Gasteiger partial charge in [0.25, 0.3) is 0 Å². The maximum atomic E-state index is 13.1. The van der Waals surface area contributed by atoms with E-state index in [4.69, 9.17) is 11.6 Å². The van der Waals surface area contributed by atoms with Crippen molar-refractivity contribution in [2.75, 3.05) is 11.4 Å². The van der Waals surface area contributed by atoms with Crippen molar-refractivity contribution in [1.29, 1.82) is 0 Å². The maximum Gasteiger partial charge on any atom is 0.123 e. The minimum Gasteiger partial charge on any atom is -0.369 e. The zero-order chi connectivity index (χ0) is 12.1. The first-order valence-electron chi connectivity index (χ1n) is 5.71. The summed E-state index contributed by atoms with van der Waals surface area (Å²) >= 11 is 5.86. The van der Waals surface area contributed by atoms with Gasteiger partial charge in [-0.25, -0.2) is 4.39 Å². The van der Waals surface area contributed by atoms with Crippen molar-refractivity contribution in [2.45, 2.75) is 39.1 Å². The van der Waals surface area contributed by atoms with E-state index in [0.717, 1.165) is 24.2 Å². The van der Waals surface area contributed by atoms with Crippen LogP contribution in [0.1, 0.15) is 32.8 Å². The molecule has 0 unspecified atom stereocenters. The number of hydrogen-bond acceptors (Lipinski definition) is 1.